The van der Waals surface area contributed by atoms with Gasteiger partial charge in [-0.3, -0.25) is 0 Å². The summed E-state index contributed by atoms with van der Waals surface area (Å²) in [7, 11) is -1.70. The van der Waals surface area contributed by atoms with Crippen LogP contribution >= 0.6 is 15.8 Å². The monoisotopic (exact) mass is 1050 g/mol. The molecule has 9 radical (unpaired) electrons. The van der Waals surface area contributed by atoms with Crippen LogP contribution in [-0.4, -0.2) is 0 Å². The first-order chi connectivity index (χ1) is 34.4. The molecule has 2 aliphatic carbocycles. The minimum Gasteiger partial charge on any atom is -0.100 e. The minimum absolute atomic E-state index is 0. The van der Waals surface area contributed by atoms with Crippen LogP contribution in [0.2, 0.25) is 0 Å². The van der Waals surface area contributed by atoms with Crippen molar-refractivity contribution in [2.75, 3.05) is 0 Å². The van der Waals surface area contributed by atoms with E-state index in [-0.39, 0.29) is 19.5 Å². The number of fused-ring (bicyclic) bond motifs is 2. The molecule has 0 atom stereocenters. The average Bonchev–Trinajstić information content (AvgIpc) is 3.37. The largest absolute Gasteiger partial charge is 3.00 e. The molecule has 8 aromatic carbocycles. The Morgan fingerprint density at radius 3 is 1.01 bits per heavy atom. The van der Waals surface area contributed by atoms with Crippen molar-refractivity contribution in [3.63, 3.8) is 0 Å². The van der Waals surface area contributed by atoms with E-state index in [1.165, 1.54) is 127 Å². The summed E-state index contributed by atoms with van der Waals surface area (Å²) >= 11 is 0. The maximum absolute atomic E-state index is 3.94. The fourth-order valence-electron chi connectivity index (χ4n) is 9.66. The van der Waals surface area contributed by atoms with E-state index in [1.807, 2.05) is 0 Å². The molecular weight excluding hydrogens is 980 g/mol. The number of hydrogen-bond acceptors (Lipinski definition) is 0. The van der Waals surface area contributed by atoms with E-state index < -0.39 is 15.8 Å². The second-order valence-electron chi connectivity index (χ2n) is 18.5. The smallest absolute Gasteiger partial charge is 0.100 e. The second-order valence-corrected chi connectivity index (χ2v) is 22.9. The van der Waals surface area contributed by atoms with Gasteiger partial charge in [0.05, 0.1) is 0 Å². The Labute approximate surface area is 443 Å². The molecule has 2 saturated carbocycles. The van der Waals surface area contributed by atoms with Crippen molar-refractivity contribution in [1.29, 1.82) is 0 Å². The Hall–Kier alpha value is -4.76. The van der Waals surface area contributed by atoms with E-state index in [0.717, 1.165) is 12.8 Å². The fraction of sp³-hybridized carbons (Fsp3) is 0.176. The van der Waals surface area contributed by atoms with E-state index in [0.29, 0.717) is 0 Å². The molecule has 0 heterocycles. The van der Waals surface area contributed by atoms with E-state index in [4.69, 9.17) is 0 Å². The summed E-state index contributed by atoms with van der Waals surface area (Å²) in [4.78, 5) is 0. The van der Waals surface area contributed by atoms with E-state index in [2.05, 4.69) is 260 Å². The Morgan fingerprint density at radius 1 is 0.366 bits per heavy atom. The molecule has 0 N–H and O–H groups in total. The SMILES string of the molecule is C=C(C)C[C]1[CH]CC[CH][CH]CC1.C=C(C)C[C]1[CH]CC[CH][CH]CC1.[Ru+3].c1ccc(P(c2ccccc2)c2ccc3ccccc3c2-c2c(P(c3ccccc3)c3ccccc3)ccc3ccccc23)cc1. The van der Waals surface area contributed by atoms with Gasteiger partial charge < -0.3 is 0 Å². The van der Waals surface area contributed by atoms with Crippen LogP contribution in [0, 0.1) is 50.4 Å². The summed E-state index contributed by atoms with van der Waals surface area (Å²) < 4.78 is 0. The fourth-order valence-corrected chi connectivity index (χ4v) is 14.6. The van der Waals surface area contributed by atoms with Gasteiger partial charge in [-0.2, -0.15) is 0 Å². The van der Waals surface area contributed by atoms with Gasteiger partial charge in [-0.05, 0) is 209 Å². The van der Waals surface area contributed by atoms with Crippen LogP contribution in [-0.2, 0) is 19.5 Å². The number of hydrogen-bond donors (Lipinski definition) is 0. The van der Waals surface area contributed by atoms with Gasteiger partial charge in [-0.1, -0.05) is 205 Å². The summed E-state index contributed by atoms with van der Waals surface area (Å²) in [6.45, 7) is 12.1. The first-order valence-corrected chi connectivity index (χ1v) is 27.9. The predicted molar refractivity (Wildman–Crippen MR) is 312 cm³/mol. The maximum Gasteiger partial charge on any atom is 3.00 e. The molecule has 0 aromatic heterocycles. The number of rotatable bonds is 11. The Balaban J connectivity index is 0.000000243. The van der Waals surface area contributed by atoms with Crippen LogP contribution in [0.5, 0.6) is 0 Å². The van der Waals surface area contributed by atoms with Gasteiger partial charge in [0.1, 0.15) is 0 Å². The average molecular weight is 1050 g/mol. The Bertz CT molecular complexity index is 2560. The molecule has 0 nitrogen and oxygen atoms in total. The topological polar surface area (TPSA) is 0 Å². The maximum atomic E-state index is 3.94. The van der Waals surface area contributed by atoms with Crippen molar-refractivity contribution in [3.8, 4) is 11.1 Å². The first-order valence-electron chi connectivity index (χ1n) is 25.2. The zero-order valence-corrected chi connectivity index (χ0v) is 45.2. The zero-order valence-electron chi connectivity index (χ0n) is 41.7. The third-order valence-electron chi connectivity index (χ3n) is 12.8. The molecule has 10 rings (SSSR count). The molecule has 0 aliphatic heterocycles. The number of benzene rings is 8. The van der Waals surface area contributed by atoms with Crippen LogP contribution in [0.15, 0.2) is 218 Å². The standard InChI is InChI=1S/C44H32P2.2C12H18.Ru/c1-5-19-35(20-6-1)45(36-21-7-2-8-22-36)41-31-29-33-17-13-15-27-39(33)43(41)44-40-28-16-14-18-34(40)30-32-42(44)46(37-23-9-3-10-24-37)38-25-11-4-12-26-38;2*1-11(2)10-12-8-6-4-3-5-7-9-12;/h1-32H;2*3-4,9H,1,5-8,10H2,2H3;/q;;;+3. The van der Waals surface area contributed by atoms with Crippen LogP contribution in [0.3, 0.4) is 0 Å². The van der Waals surface area contributed by atoms with Gasteiger partial charge in [0.15, 0.2) is 0 Å². The van der Waals surface area contributed by atoms with Gasteiger partial charge in [0.2, 0.25) is 0 Å². The third kappa shape index (κ3) is 15.1. The Kier molecular flexibility index (Phi) is 21.7. The summed E-state index contributed by atoms with van der Waals surface area (Å²) in [5.74, 6) is 3.15. The van der Waals surface area contributed by atoms with Crippen LogP contribution in [0.25, 0.3) is 32.7 Å². The van der Waals surface area contributed by atoms with Gasteiger partial charge in [-0.15, -0.1) is 13.2 Å². The van der Waals surface area contributed by atoms with Crippen LogP contribution in [0.1, 0.15) is 78.1 Å². The van der Waals surface area contributed by atoms with E-state index in [9.17, 15) is 0 Å². The van der Waals surface area contributed by atoms with Crippen molar-refractivity contribution in [2.24, 2.45) is 0 Å². The molecule has 355 valence electrons. The second kappa shape index (κ2) is 28.5. The minimum atomic E-state index is -0.852. The van der Waals surface area contributed by atoms with Crippen molar-refractivity contribution in [2.45, 2.75) is 78.1 Å². The molecule has 8 aromatic rings. The molecule has 0 spiro atoms. The van der Waals surface area contributed by atoms with Gasteiger partial charge in [0, 0.05) is 0 Å². The predicted octanol–water partition coefficient (Wildman–Crippen LogP) is 16.6. The van der Waals surface area contributed by atoms with E-state index >= 15 is 0 Å². The molecule has 71 heavy (non-hydrogen) atoms. The molecule has 0 unspecified atom stereocenters. The molecule has 2 aliphatic rings. The van der Waals surface area contributed by atoms with Crippen molar-refractivity contribution < 1.29 is 19.5 Å². The summed E-state index contributed by atoms with van der Waals surface area (Å²) in [5, 5.41) is 13.3. The van der Waals surface area contributed by atoms with Gasteiger partial charge >= 0.3 is 19.5 Å². The van der Waals surface area contributed by atoms with Crippen LogP contribution < -0.4 is 31.8 Å². The summed E-state index contributed by atoms with van der Waals surface area (Å²) in [6, 6.07) is 71.8. The van der Waals surface area contributed by atoms with E-state index in [1.54, 1.807) is 11.8 Å². The molecule has 0 amide bonds. The zero-order chi connectivity index (χ0) is 48.3. The molecule has 0 saturated heterocycles. The van der Waals surface area contributed by atoms with Gasteiger partial charge in [-0.25, -0.2) is 0 Å². The molecular formula is C68H68P2Ru+3. The summed E-state index contributed by atoms with van der Waals surface area (Å²) in [5.41, 5.74) is 5.27. The van der Waals surface area contributed by atoms with Crippen molar-refractivity contribution in [1.82, 2.24) is 0 Å². The number of allylic oxidation sites excluding steroid dienone is 2. The summed E-state index contributed by atoms with van der Waals surface area (Å²) in [6.07, 6.45) is 25.8. The first kappa shape index (κ1) is 54.0. The molecule has 2 fully saturated rings. The van der Waals surface area contributed by atoms with Gasteiger partial charge in [0.25, 0.3) is 0 Å². The Morgan fingerprint density at radius 2 is 0.676 bits per heavy atom. The third-order valence-corrected chi connectivity index (χ3v) is 17.8. The van der Waals surface area contributed by atoms with Crippen LogP contribution in [0.4, 0.5) is 0 Å². The molecule has 0 bridgehead atoms. The quantitative estimate of drug-likeness (QED) is 0.0688. The van der Waals surface area contributed by atoms with Crippen molar-refractivity contribution >= 4 is 69.2 Å². The normalized spacial score (nSPS) is 14.6. The van der Waals surface area contributed by atoms with Crippen molar-refractivity contribution in [3.05, 3.63) is 269 Å². The molecule has 3 heteroatoms.